The molecule has 1 unspecified atom stereocenters. The number of phenols is 1. The van der Waals surface area contributed by atoms with Crippen LogP contribution in [0.3, 0.4) is 0 Å². The number of carbonyl (C=O) groups excluding carboxylic acids is 1. The minimum absolute atomic E-state index is 0.0794. The van der Waals surface area contributed by atoms with Crippen LogP contribution < -0.4 is 10.2 Å². The number of amides is 1. The highest BCUT2D eigenvalue weighted by Crippen LogP contribution is 2.45. The zero-order chi connectivity index (χ0) is 27.5. The van der Waals surface area contributed by atoms with Gasteiger partial charge in [-0.05, 0) is 57.5 Å². The average Bonchev–Trinajstić information content (AvgIpc) is 3.47. The molecule has 4 heterocycles. The van der Waals surface area contributed by atoms with Crippen LogP contribution in [0.2, 0.25) is 0 Å². The molecule has 0 spiro atoms. The monoisotopic (exact) mass is 533 g/mol. The van der Waals surface area contributed by atoms with Crippen LogP contribution in [0.4, 0.5) is 15.0 Å². The first-order chi connectivity index (χ1) is 18.5. The Labute approximate surface area is 225 Å². The Bertz CT molecular complexity index is 1570. The largest absolute Gasteiger partial charge is 0.507 e. The van der Waals surface area contributed by atoms with Crippen LogP contribution in [0, 0.1) is 12.8 Å². The van der Waals surface area contributed by atoms with E-state index in [-0.39, 0.29) is 11.7 Å². The number of aryl methyl sites for hydroxylation is 1. The fourth-order valence-electron chi connectivity index (χ4n) is 5.80. The molecule has 3 aromatic heterocycles. The molecule has 1 amide bonds. The summed E-state index contributed by atoms with van der Waals surface area (Å²) in [6.07, 6.45) is 0.00918. The number of halogens is 1. The minimum atomic E-state index is -0.915. The lowest BCUT2D eigenvalue weighted by molar-refractivity contribution is 0.00169. The highest BCUT2D eigenvalue weighted by atomic mass is 19.1. The van der Waals surface area contributed by atoms with Gasteiger partial charge < -0.3 is 24.5 Å². The number of ether oxygens (including phenoxy) is 1. The second-order valence-corrected chi connectivity index (χ2v) is 11.7. The summed E-state index contributed by atoms with van der Waals surface area (Å²) in [4.78, 5) is 28.5. The molecule has 204 valence electrons. The average molecular weight is 534 g/mol. The van der Waals surface area contributed by atoms with Gasteiger partial charge in [-0.2, -0.15) is 0 Å². The predicted octanol–water partition coefficient (Wildman–Crippen LogP) is 5.67. The Kier molecular flexibility index (Phi) is 5.89. The van der Waals surface area contributed by atoms with Gasteiger partial charge in [0.25, 0.3) is 0 Å². The number of hydrogen-bond donors (Lipinski definition) is 2. The van der Waals surface area contributed by atoms with Gasteiger partial charge in [0.1, 0.15) is 28.9 Å². The molecule has 4 aromatic rings. The summed E-state index contributed by atoms with van der Waals surface area (Å²) in [6, 6.07) is 10.9. The molecule has 2 aliphatic rings. The summed E-state index contributed by atoms with van der Waals surface area (Å²) in [6.45, 7) is 8.63. The van der Waals surface area contributed by atoms with Gasteiger partial charge >= 0.3 is 6.09 Å². The molecule has 39 heavy (non-hydrogen) atoms. The third-order valence-electron chi connectivity index (χ3n) is 7.63. The number of nitrogens with zero attached hydrogens (tertiary/aromatic N) is 4. The molecule has 2 fully saturated rings. The van der Waals surface area contributed by atoms with Crippen molar-refractivity contribution in [1.29, 1.82) is 0 Å². The number of carbonyl (C=O) groups is 1. The van der Waals surface area contributed by atoms with Crippen LogP contribution in [-0.2, 0) is 4.74 Å². The summed E-state index contributed by atoms with van der Waals surface area (Å²) in [5.41, 5.74) is 2.55. The Morgan fingerprint density at radius 1 is 1.13 bits per heavy atom. The van der Waals surface area contributed by atoms with Gasteiger partial charge in [-0.25, -0.2) is 24.1 Å². The number of anilines is 1. The Balaban J connectivity index is 1.21. The minimum Gasteiger partial charge on any atom is -0.507 e. The van der Waals surface area contributed by atoms with Crippen molar-refractivity contribution < 1.29 is 23.4 Å². The highest BCUT2D eigenvalue weighted by molar-refractivity contribution is 5.86. The van der Waals surface area contributed by atoms with Crippen molar-refractivity contribution in [2.24, 2.45) is 5.92 Å². The lowest BCUT2D eigenvalue weighted by atomic mass is 9.66. The van der Waals surface area contributed by atoms with Crippen molar-refractivity contribution in [2.45, 2.75) is 64.3 Å². The SMILES string of the molecule is Cc1nc2cc(O)c(-c3ccc4nc(N5CCC(C6(NC(=O)OC(C)(C)C)CC(F)C6)C5)ccc4n3)cc2o1. The Hall–Kier alpha value is -3.95. The van der Waals surface area contributed by atoms with Crippen molar-refractivity contribution in [3.05, 3.63) is 42.3 Å². The summed E-state index contributed by atoms with van der Waals surface area (Å²) >= 11 is 0. The fraction of sp³-hybridized carbons (Fsp3) is 0.448. The smallest absolute Gasteiger partial charge is 0.408 e. The summed E-state index contributed by atoms with van der Waals surface area (Å²) in [7, 11) is 0. The second-order valence-electron chi connectivity index (χ2n) is 11.7. The first-order valence-electron chi connectivity index (χ1n) is 13.3. The molecule has 1 aromatic carbocycles. The van der Waals surface area contributed by atoms with E-state index < -0.39 is 23.4 Å². The van der Waals surface area contributed by atoms with Crippen molar-refractivity contribution in [3.63, 3.8) is 0 Å². The number of aromatic nitrogens is 3. The van der Waals surface area contributed by atoms with Crippen LogP contribution in [-0.4, -0.2) is 56.6 Å². The molecular formula is C29H32FN5O4. The Morgan fingerprint density at radius 3 is 2.62 bits per heavy atom. The normalized spacial score (nSPS) is 23.3. The number of hydrogen-bond acceptors (Lipinski definition) is 8. The van der Waals surface area contributed by atoms with E-state index in [1.165, 1.54) is 0 Å². The maximum Gasteiger partial charge on any atom is 0.408 e. The molecule has 1 aliphatic heterocycles. The van der Waals surface area contributed by atoms with Crippen LogP contribution in [0.1, 0.15) is 45.9 Å². The van der Waals surface area contributed by atoms with E-state index in [1.54, 1.807) is 19.1 Å². The highest BCUT2D eigenvalue weighted by Gasteiger charge is 2.53. The number of aromatic hydroxyl groups is 1. The molecule has 10 heteroatoms. The van der Waals surface area contributed by atoms with Gasteiger partial charge in [-0.1, -0.05) is 0 Å². The van der Waals surface area contributed by atoms with Gasteiger partial charge in [0.2, 0.25) is 0 Å². The van der Waals surface area contributed by atoms with Crippen LogP contribution in [0.5, 0.6) is 5.75 Å². The molecule has 1 atom stereocenters. The van der Waals surface area contributed by atoms with E-state index in [0.717, 1.165) is 24.3 Å². The third-order valence-corrected chi connectivity index (χ3v) is 7.63. The lowest BCUT2D eigenvalue weighted by Crippen LogP contribution is -2.63. The quantitative estimate of drug-likeness (QED) is 0.345. The lowest BCUT2D eigenvalue weighted by Gasteiger charge is -2.48. The van der Waals surface area contributed by atoms with Gasteiger partial charge in [0, 0.05) is 50.4 Å². The van der Waals surface area contributed by atoms with Crippen LogP contribution in [0.25, 0.3) is 33.4 Å². The number of phenolic OH excluding ortho intramolecular Hbond substituents is 1. The summed E-state index contributed by atoms with van der Waals surface area (Å²) in [5, 5.41) is 13.6. The topological polar surface area (TPSA) is 114 Å². The number of nitrogens with one attached hydrogen (secondary N) is 1. The fourth-order valence-corrected chi connectivity index (χ4v) is 5.80. The van der Waals surface area contributed by atoms with E-state index in [9.17, 15) is 14.3 Å². The van der Waals surface area contributed by atoms with Crippen molar-refractivity contribution in [2.75, 3.05) is 18.0 Å². The maximum absolute atomic E-state index is 14.1. The third kappa shape index (κ3) is 4.84. The molecule has 9 nitrogen and oxygen atoms in total. The number of pyridine rings is 2. The number of alkyl halides is 1. The predicted molar refractivity (Wildman–Crippen MR) is 145 cm³/mol. The van der Waals surface area contributed by atoms with E-state index in [4.69, 9.17) is 19.1 Å². The van der Waals surface area contributed by atoms with Crippen LogP contribution >= 0.6 is 0 Å². The molecule has 0 radical (unpaired) electrons. The molecule has 1 aliphatic carbocycles. The molecular weight excluding hydrogens is 501 g/mol. The molecule has 0 bridgehead atoms. The summed E-state index contributed by atoms with van der Waals surface area (Å²) < 4.78 is 25.1. The van der Waals surface area contributed by atoms with E-state index in [2.05, 4.69) is 15.2 Å². The van der Waals surface area contributed by atoms with Crippen molar-refractivity contribution in [1.82, 2.24) is 20.3 Å². The zero-order valence-corrected chi connectivity index (χ0v) is 22.5. The van der Waals surface area contributed by atoms with E-state index in [1.807, 2.05) is 45.0 Å². The number of fused-ring (bicyclic) bond motifs is 2. The standard InChI is InChI=1S/C29H32FN5O4/c1-16-31-23-12-24(36)19(11-25(23)38-16)20-5-6-22-21(32-20)7-8-26(33-22)35-10-9-17(15-35)29(13-18(30)14-29)34-27(37)39-28(2,3)4/h5-8,11-12,17-18,36H,9-10,13-15H2,1-4H3,(H,34,37). The number of rotatable bonds is 4. The first-order valence-corrected chi connectivity index (χ1v) is 13.3. The Morgan fingerprint density at radius 2 is 1.87 bits per heavy atom. The molecule has 1 saturated carbocycles. The number of alkyl carbamates (subject to hydrolysis) is 1. The second kappa shape index (κ2) is 9.07. The number of benzene rings is 1. The molecule has 1 saturated heterocycles. The maximum atomic E-state index is 14.1. The van der Waals surface area contributed by atoms with Crippen LogP contribution in [0.15, 0.2) is 40.8 Å². The number of oxazole rings is 1. The van der Waals surface area contributed by atoms with E-state index in [0.29, 0.717) is 53.2 Å². The van der Waals surface area contributed by atoms with E-state index >= 15 is 0 Å². The van der Waals surface area contributed by atoms with Gasteiger partial charge in [-0.15, -0.1) is 0 Å². The molecule has 2 N–H and O–H groups in total. The molecule has 6 rings (SSSR count). The van der Waals surface area contributed by atoms with Gasteiger partial charge in [0.05, 0.1) is 22.3 Å². The first kappa shape index (κ1) is 25.3. The van der Waals surface area contributed by atoms with Gasteiger partial charge in [-0.3, -0.25) is 0 Å². The van der Waals surface area contributed by atoms with Crippen molar-refractivity contribution >= 4 is 34.0 Å². The van der Waals surface area contributed by atoms with Crippen molar-refractivity contribution in [3.8, 4) is 17.0 Å². The van der Waals surface area contributed by atoms with Gasteiger partial charge in [0.15, 0.2) is 11.5 Å². The summed E-state index contributed by atoms with van der Waals surface area (Å²) in [5.74, 6) is 1.51. The zero-order valence-electron chi connectivity index (χ0n) is 22.5.